The quantitative estimate of drug-likeness (QED) is 0.429. The van der Waals surface area contributed by atoms with Gasteiger partial charge < -0.3 is 13.6 Å². The van der Waals surface area contributed by atoms with Crippen molar-refractivity contribution in [2.45, 2.75) is 0 Å². The fourth-order valence-electron chi connectivity index (χ4n) is 5.47. The van der Waals surface area contributed by atoms with Crippen LogP contribution in [0.4, 0.5) is 4.39 Å². The molecule has 3 aromatic carbocycles. The molecule has 5 heteroatoms. The molecule has 4 heterocycles. The Kier molecular flexibility index (Phi) is 3.40. The average Bonchev–Trinajstić information content (AvgIpc) is 3.50. The van der Waals surface area contributed by atoms with Crippen molar-refractivity contribution in [3.8, 4) is 17.0 Å². The van der Waals surface area contributed by atoms with Gasteiger partial charge >= 0.3 is 6.62 Å². The van der Waals surface area contributed by atoms with Gasteiger partial charge in [-0.15, -0.1) is 0 Å². The number of rotatable bonds is 2. The van der Waals surface area contributed by atoms with Crippen LogP contribution in [0.5, 0.6) is 5.75 Å². The van der Waals surface area contributed by atoms with Crippen LogP contribution in [0.3, 0.4) is 0 Å². The molecule has 152 valence electrons. The molecule has 0 N–H and O–H groups in total. The molecular weight excluding hydrogens is 398 g/mol. The molecule has 0 bridgehead atoms. The van der Waals surface area contributed by atoms with Gasteiger partial charge in [-0.25, -0.2) is 4.39 Å². The second-order valence-electron chi connectivity index (χ2n) is 8.38. The Labute approximate surface area is 185 Å². The third-order valence-corrected chi connectivity index (χ3v) is 6.76. The van der Waals surface area contributed by atoms with Crippen molar-refractivity contribution in [2.75, 3.05) is 0 Å². The second kappa shape index (κ2) is 6.20. The maximum absolute atomic E-state index is 13.9. The lowest BCUT2D eigenvalue weighted by molar-refractivity contribution is -0.342. The molecule has 3 aliphatic rings. The third-order valence-electron chi connectivity index (χ3n) is 6.76. The van der Waals surface area contributed by atoms with E-state index in [0.29, 0.717) is 0 Å². The molecule has 4 aromatic rings. The summed E-state index contributed by atoms with van der Waals surface area (Å²) in [5, 5.41) is 0. The van der Waals surface area contributed by atoms with Crippen LogP contribution in [-0.2, 0) is 0 Å². The zero-order chi connectivity index (χ0) is 21.3. The smallest absolute Gasteiger partial charge is 0.597 e. The Morgan fingerprint density at radius 2 is 1.53 bits per heavy atom. The molecule has 0 radical (unpaired) electrons. The fourth-order valence-corrected chi connectivity index (χ4v) is 5.47. The van der Waals surface area contributed by atoms with E-state index >= 15 is 0 Å². The summed E-state index contributed by atoms with van der Waals surface area (Å²) in [5.41, 5.74) is 7.55. The first kappa shape index (κ1) is 17.6. The molecule has 0 saturated heterocycles. The summed E-state index contributed by atoms with van der Waals surface area (Å²) in [5.74, 6) is 0.571. The lowest BCUT2D eigenvalue weighted by Crippen LogP contribution is -2.70. The van der Waals surface area contributed by atoms with Crippen LogP contribution >= 0.6 is 0 Å². The van der Waals surface area contributed by atoms with E-state index in [4.69, 9.17) is 4.65 Å². The Morgan fingerprint density at radius 1 is 0.781 bits per heavy atom. The summed E-state index contributed by atoms with van der Waals surface area (Å²) in [7, 11) is 0. The number of fused-ring (bicyclic) bond motifs is 4. The van der Waals surface area contributed by atoms with Crippen molar-refractivity contribution >= 4 is 23.9 Å². The maximum Gasteiger partial charge on any atom is 0.597 e. The van der Waals surface area contributed by atoms with Crippen LogP contribution in [0.2, 0.25) is 0 Å². The Hall–Kier alpha value is -4.12. The first-order valence-electron chi connectivity index (χ1n) is 10.8. The van der Waals surface area contributed by atoms with Crippen LogP contribution in [0, 0.1) is 5.82 Å². The first-order valence-corrected chi connectivity index (χ1v) is 10.8. The van der Waals surface area contributed by atoms with E-state index in [0.717, 1.165) is 45.0 Å². The number of aromatic nitrogens is 1. The summed E-state index contributed by atoms with van der Waals surface area (Å²) in [6, 6.07) is 29.6. The highest BCUT2D eigenvalue weighted by molar-refractivity contribution is 6.80. The molecule has 0 unspecified atom stereocenters. The molecule has 7 rings (SSSR count). The predicted octanol–water partition coefficient (Wildman–Crippen LogP) is 4.81. The predicted molar refractivity (Wildman–Crippen MR) is 126 cm³/mol. The van der Waals surface area contributed by atoms with Crippen LogP contribution in [0.15, 0.2) is 109 Å². The number of benzene rings is 3. The van der Waals surface area contributed by atoms with Gasteiger partial charge in [-0.2, -0.15) is 0 Å². The number of hydrogen-bond acceptors (Lipinski definition) is 1. The van der Waals surface area contributed by atoms with Gasteiger partial charge in [0.15, 0.2) is 5.70 Å². The standard InChI is InChI=1S/C27H18BFN2O/c29-21-14-12-20(13-15-21)28-30-18-6-10-24(30)27(19-7-2-1-3-8-19)25-17-16-23(31(25)28)22-9-4-5-11-26(22)32-28/h1-18H/t28-/m0/s1. The van der Waals surface area contributed by atoms with E-state index in [1.54, 1.807) is 0 Å². The number of halogens is 1. The number of nitrogens with zero attached hydrogens (tertiary/aromatic N) is 2. The van der Waals surface area contributed by atoms with Gasteiger partial charge in [-0.1, -0.05) is 60.1 Å². The highest BCUT2D eigenvalue weighted by Crippen LogP contribution is 2.46. The molecule has 0 saturated carbocycles. The van der Waals surface area contributed by atoms with Crippen molar-refractivity contribution in [3.63, 3.8) is 0 Å². The Balaban J connectivity index is 1.62. The van der Waals surface area contributed by atoms with Gasteiger partial charge in [-0.3, -0.25) is 0 Å². The molecule has 1 atom stereocenters. The van der Waals surface area contributed by atoms with Gasteiger partial charge in [0.1, 0.15) is 12.0 Å². The van der Waals surface area contributed by atoms with Crippen molar-refractivity contribution in [2.24, 2.45) is 0 Å². The zero-order valence-electron chi connectivity index (χ0n) is 17.2. The molecule has 0 spiro atoms. The van der Waals surface area contributed by atoms with Crippen molar-refractivity contribution in [1.82, 2.24) is 4.48 Å². The minimum Gasteiger partial charge on any atom is -0.635 e. The topological polar surface area (TPSA) is 17.2 Å². The average molecular weight is 416 g/mol. The minimum absolute atomic E-state index is 0.259. The molecule has 0 aliphatic carbocycles. The van der Waals surface area contributed by atoms with Crippen LogP contribution in [0.25, 0.3) is 16.8 Å². The number of hydrogen-bond donors (Lipinski definition) is 0. The lowest BCUT2D eigenvalue weighted by Gasteiger charge is -2.47. The number of allylic oxidation sites excluding steroid dienone is 2. The van der Waals surface area contributed by atoms with E-state index < -0.39 is 6.62 Å². The van der Waals surface area contributed by atoms with Gasteiger partial charge in [0.25, 0.3) is 0 Å². The van der Waals surface area contributed by atoms with Crippen LogP contribution in [-0.4, -0.2) is 21.8 Å². The first-order chi connectivity index (χ1) is 15.8. The fraction of sp³-hybridized carbons (Fsp3) is 0. The van der Waals surface area contributed by atoms with Gasteiger partial charge in [-0.05, 0) is 42.0 Å². The highest BCUT2D eigenvalue weighted by Gasteiger charge is 2.56. The van der Waals surface area contributed by atoms with E-state index in [9.17, 15) is 4.39 Å². The minimum atomic E-state index is -1.91. The summed E-state index contributed by atoms with van der Waals surface area (Å²) < 4.78 is 25.4. The van der Waals surface area contributed by atoms with Crippen molar-refractivity contribution < 1.29 is 13.5 Å². The van der Waals surface area contributed by atoms with Crippen molar-refractivity contribution in [3.05, 3.63) is 126 Å². The SMILES string of the molecule is Fc1ccc([B@@-]23Oc4ccccc4-c4ccc(n42)C(c2ccccc2)=C2C=CC=[N+]23)cc1. The van der Waals surface area contributed by atoms with E-state index in [1.165, 1.54) is 12.1 Å². The van der Waals surface area contributed by atoms with Crippen molar-refractivity contribution in [1.29, 1.82) is 0 Å². The van der Waals surface area contributed by atoms with Gasteiger partial charge in [0.2, 0.25) is 0 Å². The molecular formula is C27H18BFN2O. The third kappa shape index (κ3) is 2.12. The monoisotopic (exact) mass is 416 g/mol. The Bertz CT molecular complexity index is 1500. The van der Waals surface area contributed by atoms with Crippen LogP contribution in [0.1, 0.15) is 11.3 Å². The normalized spacial score (nSPS) is 19.7. The summed E-state index contributed by atoms with van der Waals surface area (Å²) in [6.45, 7) is -1.91. The second-order valence-corrected chi connectivity index (χ2v) is 8.38. The van der Waals surface area contributed by atoms with E-state index in [2.05, 4.69) is 69.8 Å². The van der Waals surface area contributed by atoms with Gasteiger partial charge in [0.05, 0.1) is 11.3 Å². The summed E-state index contributed by atoms with van der Waals surface area (Å²) >= 11 is 0. The van der Waals surface area contributed by atoms with E-state index in [-0.39, 0.29) is 5.82 Å². The largest absolute Gasteiger partial charge is 0.635 e. The summed E-state index contributed by atoms with van der Waals surface area (Å²) in [4.78, 5) is 0. The van der Waals surface area contributed by atoms with E-state index in [1.807, 2.05) is 36.4 Å². The molecule has 32 heavy (non-hydrogen) atoms. The molecule has 0 fully saturated rings. The molecule has 1 aromatic heterocycles. The maximum atomic E-state index is 13.9. The highest BCUT2D eigenvalue weighted by atomic mass is 19.1. The Morgan fingerprint density at radius 3 is 2.38 bits per heavy atom. The number of para-hydroxylation sites is 1. The molecule has 3 aliphatic heterocycles. The van der Waals surface area contributed by atoms with Crippen LogP contribution < -0.4 is 10.1 Å². The summed E-state index contributed by atoms with van der Waals surface area (Å²) in [6.07, 6.45) is 6.26. The zero-order valence-corrected chi connectivity index (χ0v) is 17.2. The molecule has 3 nitrogen and oxygen atoms in total. The van der Waals surface area contributed by atoms with Gasteiger partial charge in [0, 0.05) is 29.1 Å². The molecule has 0 amide bonds. The lowest BCUT2D eigenvalue weighted by atomic mass is 9.54.